The summed E-state index contributed by atoms with van der Waals surface area (Å²) in [6.45, 7) is 6.56. The molecule has 0 fully saturated rings. The quantitative estimate of drug-likeness (QED) is 0.121. The summed E-state index contributed by atoms with van der Waals surface area (Å²) in [5, 5.41) is 11.3. The molecule has 9 aromatic heterocycles. The minimum Gasteiger partial charge on any atom is -0.514 e. The maximum Gasteiger partial charge on any atom is 0.381 e. The third-order valence-electron chi connectivity index (χ3n) is 22.8. The zero-order valence-electron chi connectivity index (χ0n) is 79.5. The van der Waals surface area contributed by atoms with Gasteiger partial charge in [-0.2, -0.15) is 55.3 Å². The van der Waals surface area contributed by atoms with Crippen LogP contribution in [0.25, 0.3) is 150 Å². The second-order valence-corrected chi connectivity index (χ2v) is 32.5. The van der Waals surface area contributed by atoms with Crippen LogP contribution in [0.3, 0.4) is 0 Å². The first kappa shape index (κ1) is 116. The Morgan fingerprint density at radius 3 is 1.20 bits per heavy atom. The first-order valence-corrected chi connectivity index (χ1v) is 45.6. The SMILES string of the molecule is CC1(C)c2ccccc2-c2c[c-]c(-n3cccn3)cc21.CN1C=CN(c2[c-]ccc3c2oc2ccccc23)[CH-]1.FC(F)(F)c1c[c-]c(-c2ccccn2)cc1.[Ir].[Ir].[Ir].[Ir].[Ir].[Ir].[Pt].[c-]1ccc(-c2ccccc2)cc1-c1ccccn1.[c-]1ccccc1-c1ccccn1.[c-]1ccccc1-c1ccccn1.[c-]1ccccc1-c1ccccn1.[c-]1ccccc1-c1nccc2ccccc12.[c-]1ccccc1-c1nccc2ccccc12. The number of halogens is 3. The number of rotatable bonds is 10. The molecule has 23 aromatic rings. The molecule has 0 spiro atoms. The Hall–Kier alpha value is -13.6. The fourth-order valence-electron chi connectivity index (χ4n) is 15.8. The van der Waals surface area contributed by atoms with E-state index in [4.69, 9.17) is 4.42 Å². The van der Waals surface area contributed by atoms with Crippen LogP contribution in [0.1, 0.15) is 30.5 Å². The van der Waals surface area contributed by atoms with E-state index in [-0.39, 0.29) is 147 Å². The van der Waals surface area contributed by atoms with Crippen molar-refractivity contribution in [1.29, 1.82) is 0 Å². The van der Waals surface area contributed by atoms with Crippen molar-refractivity contribution in [1.82, 2.24) is 49.6 Å². The molecule has 2 aliphatic rings. The van der Waals surface area contributed by atoms with Crippen LogP contribution in [0.4, 0.5) is 18.9 Å². The number of pyridine rings is 7. The van der Waals surface area contributed by atoms with Crippen molar-refractivity contribution in [3.8, 4) is 107 Å². The van der Waals surface area contributed by atoms with Crippen LogP contribution in [0.5, 0.6) is 0 Å². The molecule has 0 saturated heterocycles. The number of para-hydroxylation sites is 1. The summed E-state index contributed by atoms with van der Waals surface area (Å²) in [4.78, 5) is 33.9. The molecule has 12 nitrogen and oxygen atoms in total. The molecule has 0 amide bonds. The second kappa shape index (κ2) is 58.8. The largest absolute Gasteiger partial charge is 0.514 e. The molecular weight excluding hydrogens is 3090 g/mol. The Balaban J connectivity index is 0.000000170. The van der Waals surface area contributed by atoms with Crippen LogP contribution in [0.15, 0.2) is 491 Å². The smallest absolute Gasteiger partial charge is 0.381 e. The first-order chi connectivity index (χ1) is 69.3. The van der Waals surface area contributed by atoms with E-state index >= 15 is 0 Å². The number of hydrogen-bond donors (Lipinski definition) is 0. The summed E-state index contributed by atoms with van der Waals surface area (Å²) >= 11 is 0. The summed E-state index contributed by atoms with van der Waals surface area (Å²) in [7, 11) is 2.00. The topological polar surface area (TPSA) is 128 Å². The van der Waals surface area contributed by atoms with Crippen LogP contribution >= 0.6 is 0 Å². The van der Waals surface area contributed by atoms with E-state index in [1.807, 2.05) is 350 Å². The van der Waals surface area contributed by atoms with E-state index in [1.165, 1.54) is 61.0 Å². The van der Waals surface area contributed by atoms with Crippen LogP contribution in [0, 0.1) is 61.3 Å². The number of fused-ring (bicyclic) bond motifs is 8. The minimum absolute atomic E-state index is 0. The summed E-state index contributed by atoms with van der Waals surface area (Å²) in [6.07, 6.45) is 15.9. The zero-order chi connectivity index (χ0) is 96.6. The molecule has 0 bridgehead atoms. The monoisotopic (exact) mass is 3180 g/mol. The third kappa shape index (κ3) is 31.0. The summed E-state index contributed by atoms with van der Waals surface area (Å²) in [5.74, 6) is 0. The van der Waals surface area contributed by atoms with Crippen LogP contribution in [-0.2, 0) is 153 Å². The van der Waals surface area contributed by atoms with E-state index in [0.29, 0.717) is 11.3 Å². The molecule has 0 unspecified atom stereocenters. The fraction of sp³-hybridized carbons (Fsp3) is 0.0397. The zero-order valence-corrected chi connectivity index (χ0v) is 96.2. The number of anilines is 1. The maximum atomic E-state index is 12.3. The van der Waals surface area contributed by atoms with Crippen molar-refractivity contribution in [2.45, 2.75) is 25.4 Å². The molecule has 22 heteroatoms. The fourth-order valence-corrected chi connectivity index (χ4v) is 15.8. The molecule has 148 heavy (non-hydrogen) atoms. The summed E-state index contributed by atoms with van der Waals surface area (Å²) in [5.41, 5.74) is 24.1. The van der Waals surface area contributed by atoms with Gasteiger partial charge in [0.15, 0.2) is 0 Å². The van der Waals surface area contributed by atoms with Gasteiger partial charge in [0, 0.05) is 208 Å². The van der Waals surface area contributed by atoms with Crippen molar-refractivity contribution in [3.63, 3.8) is 0 Å². The third-order valence-corrected chi connectivity index (χ3v) is 22.8. The molecule has 14 aromatic carbocycles. The van der Waals surface area contributed by atoms with E-state index in [0.717, 1.165) is 113 Å². The molecule has 750 valence electrons. The number of hydrogen-bond acceptors (Lipinski definition) is 11. The molecule has 0 saturated carbocycles. The predicted molar refractivity (Wildman–Crippen MR) is 561 cm³/mol. The van der Waals surface area contributed by atoms with E-state index in [9.17, 15) is 13.2 Å². The van der Waals surface area contributed by atoms with Gasteiger partial charge < -0.3 is 49.1 Å². The van der Waals surface area contributed by atoms with Gasteiger partial charge in [-0.05, 0) is 163 Å². The molecule has 0 N–H and O–H groups in total. The number of aromatic nitrogens is 9. The number of nitrogens with zero attached hydrogens (tertiary/aromatic N) is 11. The summed E-state index contributed by atoms with van der Waals surface area (Å²) in [6, 6.07) is 164. The predicted octanol–water partition coefficient (Wildman–Crippen LogP) is 30.5. The number of benzene rings is 14. The Labute approximate surface area is 957 Å². The molecule has 1 aliphatic heterocycles. The molecule has 6 radical (unpaired) electrons. The van der Waals surface area contributed by atoms with Gasteiger partial charge in [-0.1, -0.05) is 212 Å². The Bertz CT molecular complexity index is 7440. The van der Waals surface area contributed by atoms with Gasteiger partial charge in [-0.15, -0.1) is 262 Å². The van der Waals surface area contributed by atoms with E-state index in [2.05, 4.69) is 199 Å². The van der Waals surface area contributed by atoms with Crippen LogP contribution < -0.4 is 4.90 Å². The van der Waals surface area contributed by atoms with Gasteiger partial charge in [0.25, 0.3) is 0 Å². The van der Waals surface area contributed by atoms with Crippen molar-refractivity contribution >= 4 is 49.2 Å². The van der Waals surface area contributed by atoms with Crippen LogP contribution in [-0.4, -0.2) is 56.6 Å². The van der Waals surface area contributed by atoms with Crippen LogP contribution in [0.2, 0.25) is 0 Å². The number of furan rings is 1. The Kier molecular flexibility index (Phi) is 46.2. The number of alkyl halides is 3. The Morgan fingerprint density at radius 2 is 0.750 bits per heavy atom. The van der Waals surface area contributed by atoms with Crippen molar-refractivity contribution in [2.75, 3.05) is 11.9 Å². The van der Waals surface area contributed by atoms with Gasteiger partial charge in [-0.3, -0.25) is 4.68 Å². The van der Waals surface area contributed by atoms with Crippen molar-refractivity contribution in [3.05, 3.63) is 565 Å². The molecule has 10 heterocycles. The molecular formula is C126H90F3Ir6N11OPt-10. The van der Waals surface area contributed by atoms with Gasteiger partial charge >= 0.3 is 6.18 Å². The molecule has 25 rings (SSSR count). The van der Waals surface area contributed by atoms with E-state index in [1.54, 1.807) is 55.4 Å². The second-order valence-electron chi connectivity index (χ2n) is 32.5. The molecule has 0 atom stereocenters. The maximum absolute atomic E-state index is 12.3. The summed E-state index contributed by atoms with van der Waals surface area (Å²) < 4.78 is 44.7. The van der Waals surface area contributed by atoms with Gasteiger partial charge in [-0.25, -0.2) is 0 Å². The minimum atomic E-state index is -4.32. The molecule has 1 aliphatic carbocycles. The van der Waals surface area contributed by atoms with E-state index < -0.39 is 11.7 Å². The normalized spacial score (nSPS) is 11.0. The average Bonchev–Trinajstić information content (AvgIpc) is 1.58. The van der Waals surface area contributed by atoms with Gasteiger partial charge in [0.05, 0.1) is 0 Å². The van der Waals surface area contributed by atoms with Crippen molar-refractivity contribution < 1.29 is 159 Å². The average molecular weight is 3180 g/mol. The van der Waals surface area contributed by atoms with Gasteiger partial charge in [0.1, 0.15) is 5.58 Å². The standard InChI is InChI=1S/C18H15N2.C17H12N.C16H12N2O.2C15H10N.C12H7F3N.3C11H8N.6Ir.Pt/c1-18(2)16-7-4-3-6-14(16)15-9-8-13(12-17(15)18)20-11-5-10-19-20;1-2-7-14(8-3-1)15-9-6-10-16(13-15)17-11-4-5-12-18-17;1-17-9-10-18(11-17)14-7-4-6-13-12-5-2-3-8-15(12)19-16(13)14;2*1-2-7-13(8-3-1)15-14-9-5-4-6-12(14)10-11-16-15;13-12(14,15)10-6-4-9(5-7-10)11-3-1-2-8-16-11;3*1-2-6-10(7-3-1)11-8-4-5-9-12-11;;;;;;;/h3-7,9-12H,1-2H3;1-9,11-13H;2-6,8-11H,1H3;2*1-7,9-11H;1-4,6-8H;3*1-6,8-9H;;;;;;;/q2*-1;-2;6*-1;;;;;;;. The van der Waals surface area contributed by atoms with Gasteiger partial charge in [0.2, 0.25) is 0 Å². The first-order valence-electron chi connectivity index (χ1n) is 45.6. The Morgan fingerprint density at radius 1 is 0.318 bits per heavy atom. The van der Waals surface area contributed by atoms with Crippen molar-refractivity contribution in [2.24, 2.45) is 0 Å².